The highest BCUT2D eigenvalue weighted by atomic mass is 32.2. The van der Waals surface area contributed by atoms with E-state index in [-0.39, 0.29) is 11.7 Å². The van der Waals surface area contributed by atoms with Crippen molar-refractivity contribution in [1.29, 1.82) is 5.26 Å². The molecule has 1 amide bonds. The van der Waals surface area contributed by atoms with Crippen molar-refractivity contribution < 1.29 is 9.59 Å². The van der Waals surface area contributed by atoms with E-state index in [1.807, 2.05) is 24.3 Å². The quantitative estimate of drug-likeness (QED) is 0.628. The average Bonchev–Trinajstić information content (AvgIpc) is 2.69. The Hall–Kier alpha value is -3.36. The number of amides is 1. The largest absolute Gasteiger partial charge is 0.321 e. The number of ketones is 1. The zero-order valence-corrected chi connectivity index (χ0v) is 15.4. The second-order valence-corrected chi connectivity index (χ2v) is 6.85. The molecule has 0 radical (unpaired) electrons. The lowest BCUT2D eigenvalue weighted by Gasteiger charge is -2.12. The van der Waals surface area contributed by atoms with Crippen LogP contribution in [0.4, 0.5) is 5.69 Å². The van der Waals surface area contributed by atoms with Crippen LogP contribution in [0, 0.1) is 11.3 Å². The fraction of sp³-hybridized carbons (Fsp3) is 0.0455. The van der Waals surface area contributed by atoms with E-state index < -0.39 is 0 Å². The molecule has 0 atom stereocenters. The van der Waals surface area contributed by atoms with Crippen LogP contribution in [-0.2, 0) is 0 Å². The van der Waals surface area contributed by atoms with E-state index in [1.54, 1.807) is 48.5 Å². The summed E-state index contributed by atoms with van der Waals surface area (Å²) in [6.07, 6.45) is 0. The van der Waals surface area contributed by atoms with Gasteiger partial charge in [-0.3, -0.25) is 9.59 Å². The van der Waals surface area contributed by atoms with E-state index >= 15 is 0 Å². The van der Waals surface area contributed by atoms with Crippen LogP contribution in [0.5, 0.6) is 0 Å². The predicted molar refractivity (Wildman–Crippen MR) is 106 cm³/mol. The first-order chi connectivity index (χ1) is 13.1. The molecule has 0 aliphatic heterocycles. The van der Waals surface area contributed by atoms with E-state index in [4.69, 9.17) is 0 Å². The van der Waals surface area contributed by atoms with Crippen LogP contribution in [0.15, 0.2) is 82.6 Å². The Labute approximate surface area is 161 Å². The van der Waals surface area contributed by atoms with E-state index in [0.29, 0.717) is 22.4 Å². The van der Waals surface area contributed by atoms with Crippen LogP contribution in [0.25, 0.3) is 0 Å². The third-order valence-corrected chi connectivity index (χ3v) is 5.07. The van der Waals surface area contributed by atoms with Gasteiger partial charge in [-0.05, 0) is 43.3 Å². The molecule has 27 heavy (non-hydrogen) atoms. The van der Waals surface area contributed by atoms with Gasteiger partial charge in [-0.15, -0.1) is 0 Å². The van der Waals surface area contributed by atoms with Gasteiger partial charge in [-0.1, -0.05) is 48.2 Å². The number of Topliss-reactive ketones (excluding diaryl/α,β-unsaturated/α-hetero) is 1. The number of anilines is 1. The van der Waals surface area contributed by atoms with Crippen molar-refractivity contribution in [2.45, 2.75) is 16.7 Å². The summed E-state index contributed by atoms with van der Waals surface area (Å²) < 4.78 is 0. The summed E-state index contributed by atoms with van der Waals surface area (Å²) in [5.41, 5.74) is 1.98. The molecule has 0 spiro atoms. The average molecular weight is 372 g/mol. The van der Waals surface area contributed by atoms with Crippen molar-refractivity contribution in [1.82, 2.24) is 0 Å². The van der Waals surface area contributed by atoms with Crippen LogP contribution in [0.1, 0.15) is 33.2 Å². The molecule has 3 rings (SSSR count). The molecule has 0 aromatic heterocycles. The summed E-state index contributed by atoms with van der Waals surface area (Å²) >= 11 is 1.36. The lowest BCUT2D eigenvalue weighted by Crippen LogP contribution is -2.15. The Balaban J connectivity index is 1.91. The highest BCUT2D eigenvalue weighted by molar-refractivity contribution is 7.99. The monoisotopic (exact) mass is 372 g/mol. The van der Waals surface area contributed by atoms with Gasteiger partial charge in [0, 0.05) is 15.4 Å². The molecule has 132 valence electrons. The minimum Gasteiger partial charge on any atom is -0.321 e. The Morgan fingerprint density at radius 1 is 0.852 bits per heavy atom. The summed E-state index contributed by atoms with van der Waals surface area (Å²) in [5, 5.41) is 12.1. The molecule has 0 unspecified atom stereocenters. The number of carbonyl (C=O) groups excluding carboxylic acids is 2. The second kappa shape index (κ2) is 8.35. The lowest BCUT2D eigenvalue weighted by atomic mass is 10.1. The predicted octanol–water partition coefficient (Wildman–Crippen LogP) is 5.16. The molecule has 0 saturated heterocycles. The van der Waals surface area contributed by atoms with Crippen LogP contribution >= 0.6 is 11.8 Å². The maximum Gasteiger partial charge on any atom is 0.256 e. The van der Waals surface area contributed by atoms with Crippen molar-refractivity contribution in [2.24, 2.45) is 0 Å². The molecular weight excluding hydrogens is 356 g/mol. The van der Waals surface area contributed by atoms with E-state index in [1.165, 1.54) is 18.7 Å². The van der Waals surface area contributed by atoms with Crippen molar-refractivity contribution in [3.8, 4) is 6.07 Å². The minimum atomic E-state index is -0.304. The number of benzene rings is 3. The van der Waals surface area contributed by atoms with E-state index in [0.717, 1.165) is 9.79 Å². The van der Waals surface area contributed by atoms with Gasteiger partial charge in [-0.2, -0.15) is 5.26 Å². The molecule has 3 aromatic rings. The zero-order chi connectivity index (χ0) is 19.2. The van der Waals surface area contributed by atoms with Gasteiger partial charge in [0.2, 0.25) is 0 Å². The number of hydrogen-bond donors (Lipinski definition) is 1. The molecule has 0 bridgehead atoms. The molecule has 5 heteroatoms. The zero-order valence-electron chi connectivity index (χ0n) is 14.6. The number of carbonyl (C=O) groups is 2. The normalized spacial score (nSPS) is 10.1. The van der Waals surface area contributed by atoms with Crippen molar-refractivity contribution >= 4 is 29.1 Å². The second-order valence-electron chi connectivity index (χ2n) is 5.76. The molecule has 0 heterocycles. The summed E-state index contributed by atoms with van der Waals surface area (Å²) in [4.78, 5) is 26.1. The van der Waals surface area contributed by atoms with Gasteiger partial charge in [0.25, 0.3) is 5.91 Å². The van der Waals surface area contributed by atoms with Gasteiger partial charge in [0.15, 0.2) is 5.78 Å². The Kier molecular flexibility index (Phi) is 5.70. The highest BCUT2D eigenvalue weighted by Crippen LogP contribution is 2.33. The third-order valence-electron chi connectivity index (χ3n) is 3.91. The molecular formula is C22H16N2O2S. The first-order valence-corrected chi connectivity index (χ1v) is 9.09. The molecule has 4 nitrogen and oxygen atoms in total. The molecule has 0 aliphatic carbocycles. The maximum atomic E-state index is 12.9. The number of nitrogens with one attached hydrogen (secondary N) is 1. The standard InChI is InChI=1S/C22H16N2O2S/c1-15(25)17-9-3-5-11-19(17)24-22(26)18-10-4-7-13-21(18)27-20-12-6-2-8-16(20)14-23/h2-13H,1H3,(H,24,26). The molecule has 0 fully saturated rings. The molecule has 0 aliphatic rings. The lowest BCUT2D eigenvalue weighted by molar-refractivity contribution is 0.101. The highest BCUT2D eigenvalue weighted by Gasteiger charge is 2.15. The van der Waals surface area contributed by atoms with Crippen molar-refractivity contribution in [3.63, 3.8) is 0 Å². The SMILES string of the molecule is CC(=O)c1ccccc1NC(=O)c1ccccc1Sc1ccccc1C#N. The first-order valence-electron chi connectivity index (χ1n) is 8.27. The van der Waals surface area contributed by atoms with Crippen molar-refractivity contribution in [2.75, 3.05) is 5.32 Å². The number of hydrogen-bond acceptors (Lipinski definition) is 4. The fourth-order valence-corrected chi connectivity index (χ4v) is 3.62. The Morgan fingerprint density at radius 3 is 2.15 bits per heavy atom. The van der Waals surface area contributed by atoms with E-state index in [2.05, 4.69) is 11.4 Å². The molecule has 1 N–H and O–H groups in total. The van der Waals surface area contributed by atoms with Gasteiger partial charge >= 0.3 is 0 Å². The minimum absolute atomic E-state index is 0.114. The third kappa shape index (κ3) is 4.25. The smallest absolute Gasteiger partial charge is 0.256 e. The van der Waals surface area contributed by atoms with Gasteiger partial charge in [-0.25, -0.2) is 0 Å². The summed E-state index contributed by atoms with van der Waals surface area (Å²) in [6, 6.07) is 23.5. The number of para-hydroxylation sites is 1. The Morgan fingerprint density at radius 2 is 1.44 bits per heavy atom. The topological polar surface area (TPSA) is 70.0 Å². The number of nitriles is 1. The fourth-order valence-electron chi connectivity index (χ4n) is 2.60. The van der Waals surface area contributed by atoms with Crippen molar-refractivity contribution in [3.05, 3.63) is 89.5 Å². The van der Waals surface area contributed by atoms with Crippen LogP contribution in [0.3, 0.4) is 0 Å². The molecule has 0 saturated carbocycles. The van der Waals surface area contributed by atoms with Crippen LogP contribution in [0.2, 0.25) is 0 Å². The molecule has 3 aromatic carbocycles. The number of nitrogens with zero attached hydrogens (tertiary/aromatic N) is 1. The Bertz CT molecular complexity index is 1050. The van der Waals surface area contributed by atoms with Gasteiger partial charge in [0.1, 0.15) is 6.07 Å². The summed E-state index contributed by atoms with van der Waals surface area (Å²) in [5.74, 6) is -0.419. The maximum absolute atomic E-state index is 12.9. The van der Waals surface area contributed by atoms with E-state index in [9.17, 15) is 14.9 Å². The summed E-state index contributed by atoms with van der Waals surface area (Å²) in [6.45, 7) is 1.47. The summed E-state index contributed by atoms with van der Waals surface area (Å²) in [7, 11) is 0. The first kappa shape index (κ1) is 18.4. The van der Waals surface area contributed by atoms with Crippen LogP contribution in [-0.4, -0.2) is 11.7 Å². The number of rotatable bonds is 5. The van der Waals surface area contributed by atoms with Gasteiger partial charge < -0.3 is 5.32 Å². The van der Waals surface area contributed by atoms with Crippen LogP contribution < -0.4 is 5.32 Å². The van der Waals surface area contributed by atoms with Gasteiger partial charge in [0.05, 0.1) is 16.8 Å².